The number of benzene rings is 10. The molecule has 308 valence electrons. The van der Waals surface area contributed by atoms with Crippen LogP contribution in [0.5, 0.6) is 0 Å². The average Bonchev–Trinajstić information content (AvgIpc) is 3.83. The first-order valence-electron chi connectivity index (χ1n) is 23.0. The van der Waals surface area contributed by atoms with Gasteiger partial charge in [0.05, 0.1) is 11.0 Å². The van der Waals surface area contributed by atoms with E-state index in [2.05, 4.69) is 242 Å². The van der Waals surface area contributed by atoms with Crippen LogP contribution in [0.4, 0.5) is 17.1 Å². The van der Waals surface area contributed by atoms with Gasteiger partial charge in [0.1, 0.15) is 0 Å². The number of rotatable bonds is 6. The van der Waals surface area contributed by atoms with Gasteiger partial charge in [-0.25, -0.2) is 0 Å². The predicted octanol–water partition coefficient (Wildman–Crippen LogP) is 17.4. The van der Waals surface area contributed by atoms with Crippen molar-refractivity contribution in [2.45, 2.75) is 32.1 Å². The van der Waals surface area contributed by atoms with Crippen molar-refractivity contribution >= 4 is 76.8 Å². The highest BCUT2D eigenvalue weighted by molar-refractivity contribution is 6.38. The van der Waals surface area contributed by atoms with Crippen molar-refractivity contribution in [3.8, 4) is 27.9 Å². The van der Waals surface area contributed by atoms with E-state index in [0.717, 1.165) is 24.2 Å². The Balaban J connectivity index is 1.01. The number of allylic oxidation sites excluding steroid dienone is 4. The molecular weight excluding hydrogens is 785 g/mol. The molecule has 2 nitrogen and oxygen atoms in total. The first-order chi connectivity index (χ1) is 32.0. The SMILES string of the molecule is CC1(C)C2=C(C=CCC2)c2ccc(N(c3ccc(-c4cc5c6ccccc6c6c(c7ccccc7n6-c6ccccc6)c5c5ccccc45)cc3)c3cccc(-c4ccccc4)c3)cc21. The summed E-state index contributed by atoms with van der Waals surface area (Å²) in [4.78, 5) is 2.45. The van der Waals surface area contributed by atoms with Crippen molar-refractivity contribution in [1.82, 2.24) is 4.57 Å². The van der Waals surface area contributed by atoms with Gasteiger partial charge in [-0.05, 0) is 134 Å². The number of hydrogen-bond donors (Lipinski definition) is 0. The molecule has 2 heteroatoms. The van der Waals surface area contributed by atoms with Crippen molar-refractivity contribution in [3.63, 3.8) is 0 Å². The summed E-state index contributed by atoms with van der Waals surface area (Å²) in [6.07, 6.45) is 6.93. The van der Waals surface area contributed by atoms with Crippen LogP contribution < -0.4 is 4.90 Å². The van der Waals surface area contributed by atoms with E-state index in [0.29, 0.717) is 0 Å². The van der Waals surface area contributed by atoms with Crippen molar-refractivity contribution < 1.29 is 0 Å². The highest BCUT2D eigenvalue weighted by Crippen LogP contribution is 2.52. The molecule has 0 saturated carbocycles. The number of nitrogens with zero attached hydrogens (tertiary/aromatic N) is 2. The lowest BCUT2D eigenvalue weighted by atomic mass is 9.78. The van der Waals surface area contributed by atoms with Crippen LogP contribution in [0.2, 0.25) is 0 Å². The lowest BCUT2D eigenvalue weighted by Crippen LogP contribution is -2.18. The maximum Gasteiger partial charge on any atom is 0.0626 e. The summed E-state index contributed by atoms with van der Waals surface area (Å²) < 4.78 is 2.47. The normalized spacial score (nSPS) is 14.2. The highest BCUT2D eigenvalue weighted by atomic mass is 15.1. The fourth-order valence-corrected chi connectivity index (χ4v) is 11.5. The van der Waals surface area contributed by atoms with E-state index in [9.17, 15) is 0 Å². The third-order valence-electron chi connectivity index (χ3n) is 14.5. The standard InChI is InChI=1S/C63H46N2/c1-63(2)57-30-15-13-26-50(57)51-37-36-47(39-58(51)63)64(46-23-17-20-43(38-46)41-18-5-3-6-19-41)45-34-32-42(33-35-45)55-40-56-49-25-10-12-28-53(49)62-61(60(56)52-27-11-9-24-48(52)55)54-29-14-16-31-59(54)65(62)44-21-7-4-8-22-44/h3-14,16-29,31-40H,15,30H2,1-2H3. The Bertz CT molecular complexity index is 3770. The summed E-state index contributed by atoms with van der Waals surface area (Å²) in [5.41, 5.74) is 17.6. The average molecular weight is 831 g/mol. The predicted molar refractivity (Wildman–Crippen MR) is 277 cm³/mol. The lowest BCUT2D eigenvalue weighted by molar-refractivity contribution is 0.607. The molecule has 65 heavy (non-hydrogen) atoms. The van der Waals surface area contributed by atoms with Gasteiger partial charge in [0.2, 0.25) is 0 Å². The van der Waals surface area contributed by atoms with Crippen LogP contribution in [0, 0.1) is 0 Å². The van der Waals surface area contributed by atoms with Gasteiger partial charge in [-0.2, -0.15) is 0 Å². The van der Waals surface area contributed by atoms with Gasteiger partial charge in [-0.15, -0.1) is 0 Å². The van der Waals surface area contributed by atoms with Crippen molar-refractivity contribution in [2.24, 2.45) is 0 Å². The number of para-hydroxylation sites is 2. The molecule has 0 fully saturated rings. The molecular formula is C63H46N2. The molecule has 0 spiro atoms. The fourth-order valence-electron chi connectivity index (χ4n) is 11.5. The molecule has 0 bridgehead atoms. The Morgan fingerprint density at radius 1 is 0.446 bits per heavy atom. The molecule has 11 aromatic rings. The molecule has 0 saturated heterocycles. The topological polar surface area (TPSA) is 8.17 Å². The van der Waals surface area contributed by atoms with E-state index in [4.69, 9.17) is 0 Å². The minimum atomic E-state index is -0.0316. The summed E-state index contributed by atoms with van der Waals surface area (Å²) in [5, 5.41) is 10.2. The molecule has 0 radical (unpaired) electrons. The van der Waals surface area contributed by atoms with Crippen LogP contribution in [-0.4, -0.2) is 4.57 Å². The van der Waals surface area contributed by atoms with Crippen molar-refractivity contribution in [1.29, 1.82) is 0 Å². The van der Waals surface area contributed by atoms with Gasteiger partial charge in [-0.3, -0.25) is 0 Å². The van der Waals surface area contributed by atoms with Gasteiger partial charge >= 0.3 is 0 Å². The molecule has 0 aliphatic heterocycles. The largest absolute Gasteiger partial charge is 0.310 e. The second kappa shape index (κ2) is 14.6. The van der Waals surface area contributed by atoms with Gasteiger partial charge in [0.15, 0.2) is 0 Å². The van der Waals surface area contributed by atoms with Gasteiger partial charge in [0, 0.05) is 49.7 Å². The first kappa shape index (κ1) is 37.6. The summed E-state index contributed by atoms with van der Waals surface area (Å²) in [6, 6.07) is 76.5. The maximum absolute atomic E-state index is 2.47. The Kier molecular flexibility index (Phi) is 8.42. The van der Waals surface area contributed by atoms with Crippen LogP contribution in [0.3, 0.4) is 0 Å². The minimum Gasteiger partial charge on any atom is -0.310 e. The quantitative estimate of drug-likeness (QED) is 0.152. The maximum atomic E-state index is 2.47. The Labute approximate surface area is 379 Å². The van der Waals surface area contributed by atoms with Gasteiger partial charge < -0.3 is 9.47 Å². The monoisotopic (exact) mass is 830 g/mol. The van der Waals surface area contributed by atoms with E-state index in [1.807, 2.05) is 0 Å². The molecule has 0 atom stereocenters. The smallest absolute Gasteiger partial charge is 0.0626 e. The molecule has 2 aliphatic rings. The van der Waals surface area contributed by atoms with E-state index < -0.39 is 0 Å². The first-order valence-corrected chi connectivity index (χ1v) is 23.0. The fraction of sp³-hybridized carbons (Fsp3) is 0.0794. The molecule has 10 aromatic carbocycles. The number of fused-ring (bicyclic) bond motifs is 12. The van der Waals surface area contributed by atoms with Gasteiger partial charge in [0.25, 0.3) is 0 Å². The Hall–Kier alpha value is -7.94. The number of hydrogen-bond acceptors (Lipinski definition) is 1. The van der Waals surface area contributed by atoms with Crippen molar-refractivity contribution in [3.05, 3.63) is 235 Å². The molecule has 2 aliphatic carbocycles. The second-order valence-corrected chi connectivity index (χ2v) is 18.3. The van der Waals surface area contributed by atoms with Crippen LogP contribution in [0.15, 0.2) is 224 Å². The molecule has 0 N–H and O–H groups in total. The lowest BCUT2D eigenvalue weighted by Gasteiger charge is -2.29. The Morgan fingerprint density at radius 3 is 1.89 bits per heavy atom. The van der Waals surface area contributed by atoms with Crippen LogP contribution in [-0.2, 0) is 5.41 Å². The molecule has 13 rings (SSSR count). The zero-order valence-electron chi connectivity index (χ0n) is 36.6. The number of aromatic nitrogens is 1. The van der Waals surface area contributed by atoms with E-state index in [1.165, 1.54) is 104 Å². The third-order valence-corrected chi connectivity index (χ3v) is 14.5. The van der Waals surface area contributed by atoms with E-state index in [-0.39, 0.29) is 5.41 Å². The second-order valence-electron chi connectivity index (χ2n) is 18.3. The zero-order valence-corrected chi connectivity index (χ0v) is 36.6. The summed E-state index contributed by atoms with van der Waals surface area (Å²) in [5.74, 6) is 0. The molecule has 0 unspecified atom stereocenters. The summed E-state index contributed by atoms with van der Waals surface area (Å²) in [7, 11) is 0. The zero-order chi connectivity index (χ0) is 43.2. The van der Waals surface area contributed by atoms with E-state index in [1.54, 1.807) is 5.57 Å². The van der Waals surface area contributed by atoms with Crippen LogP contribution in [0.25, 0.3) is 87.6 Å². The highest BCUT2D eigenvalue weighted by Gasteiger charge is 2.38. The molecule has 1 heterocycles. The van der Waals surface area contributed by atoms with Crippen LogP contribution in [0.1, 0.15) is 37.8 Å². The molecule has 1 aromatic heterocycles. The van der Waals surface area contributed by atoms with E-state index >= 15 is 0 Å². The van der Waals surface area contributed by atoms with Crippen LogP contribution >= 0.6 is 0 Å². The summed E-state index contributed by atoms with van der Waals surface area (Å²) >= 11 is 0. The Morgan fingerprint density at radius 2 is 1.09 bits per heavy atom. The minimum absolute atomic E-state index is 0.0316. The number of anilines is 3. The van der Waals surface area contributed by atoms with Gasteiger partial charge in [-0.1, -0.05) is 177 Å². The summed E-state index contributed by atoms with van der Waals surface area (Å²) in [6.45, 7) is 4.82. The third kappa shape index (κ3) is 5.73. The molecule has 0 amide bonds. The van der Waals surface area contributed by atoms with Crippen molar-refractivity contribution in [2.75, 3.05) is 4.90 Å².